The highest BCUT2D eigenvalue weighted by Gasteiger charge is 2.18. The van der Waals surface area contributed by atoms with Crippen LogP contribution >= 0.6 is 0 Å². The quantitative estimate of drug-likeness (QED) is 0.686. The highest BCUT2D eigenvalue weighted by molar-refractivity contribution is 5.66. The molecule has 0 aliphatic carbocycles. The second-order valence-electron chi connectivity index (χ2n) is 4.36. The third-order valence-electron chi connectivity index (χ3n) is 2.96. The zero-order valence-corrected chi connectivity index (χ0v) is 9.54. The number of nitrogens with zero attached hydrogens (tertiary/aromatic N) is 1. The van der Waals surface area contributed by atoms with Gasteiger partial charge in [0.1, 0.15) is 0 Å². The first-order chi connectivity index (χ1) is 7.22. The van der Waals surface area contributed by atoms with Gasteiger partial charge in [0.25, 0.3) is 0 Å². The number of piperidine rings is 1. The van der Waals surface area contributed by atoms with Gasteiger partial charge in [-0.15, -0.1) is 0 Å². The lowest BCUT2D eigenvalue weighted by atomic mass is 9.98. The maximum absolute atomic E-state index is 10.4. The Labute approximate surface area is 91.6 Å². The third-order valence-corrected chi connectivity index (χ3v) is 2.96. The third kappa shape index (κ3) is 5.14. The number of rotatable bonds is 6. The van der Waals surface area contributed by atoms with Gasteiger partial charge < -0.3 is 15.3 Å². The van der Waals surface area contributed by atoms with Crippen molar-refractivity contribution < 1.29 is 9.90 Å². The molecule has 4 heteroatoms. The summed E-state index contributed by atoms with van der Waals surface area (Å²) in [6, 6.07) is 0. The zero-order chi connectivity index (χ0) is 11.1. The molecule has 0 aromatic heterocycles. The monoisotopic (exact) mass is 214 g/mol. The van der Waals surface area contributed by atoms with Crippen LogP contribution < -0.4 is 5.32 Å². The summed E-state index contributed by atoms with van der Waals surface area (Å²) in [5.41, 5.74) is 0. The first-order valence-corrected chi connectivity index (χ1v) is 5.81. The van der Waals surface area contributed by atoms with Crippen LogP contribution in [0.5, 0.6) is 0 Å². The molecule has 0 aromatic rings. The Balaban J connectivity index is 2.15. The van der Waals surface area contributed by atoms with Crippen LogP contribution in [0.15, 0.2) is 0 Å². The van der Waals surface area contributed by atoms with E-state index < -0.39 is 5.97 Å². The smallest absolute Gasteiger partial charge is 0.303 e. The molecular weight excluding hydrogens is 192 g/mol. The van der Waals surface area contributed by atoms with E-state index in [1.165, 1.54) is 12.8 Å². The van der Waals surface area contributed by atoms with Gasteiger partial charge in [0.05, 0.1) is 0 Å². The van der Waals surface area contributed by atoms with E-state index >= 15 is 0 Å². The van der Waals surface area contributed by atoms with E-state index in [-0.39, 0.29) is 0 Å². The molecule has 15 heavy (non-hydrogen) atoms. The van der Waals surface area contributed by atoms with Gasteiger partial charge in [0.2, 0.25) is 0 Å². The molecule has 0 amide bonds. The number of aliphatic carboxylic acids is 1. The Kier molecular flexibility index (Phi) is 5.65. The van der Waals surface area contributed by atoms with Crippen LogP contribution in [0.1, 0.15) is 25.7 Å². The van der Waals surface area contributed by atoms with E-state index in [4.69, 9.17) is 5.11 Å². The van der Waals surface area contributed by atoms with Crippen LogP contribution in [0.4, 0.5) is 0 Å². The number of hydrogen-bond donors (Lipinski definition) is 2. The van der Waals surface area contributed by atoms with Crippen molar-refractivity contribution in [3.63, 3.8) is 0 Å². The molecule has 1 atom stereocenters. The van der Waals surface area contributed by atoms with E-state index in [9.17, 15) is 4.79 Å². The van der Waals surface area contributed by atoms with Crippen molar-refractivity contribution in [1.82, 2.24) is 10.2 Å². The SMILES string of the molecule is CNCC1CCCN(CCCC(=O)O)C1. The molecule has 0 saturated carbocycles. The fraction of sp³-hybridized carbons (Fsp3) is 0.909. The van der Waals surface area contributed by atoms with E-state index in [2.05, 4.69) is 10.2 Å². The molecule has 1 aliphatic rings. The van der Waals surface area contributed by atoms with Crippen LogP contribution in [0.2, 0.25) is 0 Å². The minimum atomic E-state index is -0.682. The molecular formula is C11H22N2O2. The summed E-state index contributed by atoms with van der Waals surface area (Å²) in [5, 5.41) is 11.8. The van der Waals surface area contributed by atoms with Crippen LogP contribution in [0.25, 0.3) is 0 Å². The average Bonchev–Trinajstić information content (AvgIpc) is 2.18. The number of nitrogens with one attached hydrogen (secondary N) is 1. The minimum absolute atomic E-state index is 0.299. The molecule has 0 spiro atoms. The maximum atomic E-state index is 10.4. The van der Waals surface area contributed by atoms with E-state index in [0.717, 1.165) is 38.5 Å². The van der Waals surface area contributed by atoms with Gasteiger partial charge in [0, 0.05) is 13.0 Å². The molecule has 1 heterocycles. The van der Waals surface area contributed by atoms with Crippen LogP contribution in [-0.2, 0) is 4.79 Å². The van der Waals surface area contributed by atoms with Crippen molar-refractivity contribution in [2.45, 2.75) is 25.7 Å². The highest BCUT2D eigenvalue weighted by Crippen LogP contribution is 2.15. The predicted molar refractivity (Wildman–Crippen MR) is 60.0 cm³/mol. The Morgan fingerprint density at radius 2 is 2.40 bits per heavy atom. The van der Waals surface area contributed by atoms with Gasteiger partial charge in [-0.05, 0) is 51.9 Å². The lowest BCUT2D eigenvalue weighted by Gasteiger charge is -2.32. The fourth-order valence-electron chi connectivity index (χ4n) is 2.26. The first kappa shape index (κ1) is 12.5. The van der Waals surface area contributed by atoms with Crippen molar-refractivity contribution in [3.8, 4) is 0 Å². The van der Waals surface area contributed by atoms with E-state index in [1.54, 1.807) is 0 Å². The molecule has 1 rings (SSSR count). The second-order valence-corrected chi connectivity index (χ2v) is 4.36. The molecule has 0 bridgehead atoms. The Morgan fingerprint density at radius 3 is 3.07 bits per heavy atom. The number of carboxylic acid groups (broad SMARTS) is 1. The van der Waals surface area contributed by atoms with Crippen molar-refractivity contribution in [2.24, 2.45) is 5.92 Å². The number of likely N-dealkylation sites (tertiary alicyclic amines) is 1. The summed E-state index contributed by atoms with van der Waals surface area (Å²) in [6.07, 6.45) is 3.63. The predicted octanol–water partition coefficient (Wildman–Crippen LogP) is 0.783. The van der Waals surface area contributed by atoms with E-state index in [1.807, 2.05) is 7.05 Å². The summed E-state index contributed by atoms with van der Waals surface area (Å²) in [7, 11) is 1.99. The Morgan fingerprint density at radius 1 is 1.60 bits per heavy atom. The molecule has 1 unspecified atom stereocenters. The summed E-state index contributed by atoms with van der Waals surface area (Å²) >= 11 is 0. The lowest BCUT2D eigenvalue weighted by Crippen LogP contribution is -2.39. The fourth-order valence-corrected chi connectivity index (χ4v) is 2.26. The van der Waals surface area contributed by atoms with Gasteiger partial charge in [-0.1, -0.05) is 0 Å². The first-order valence-electron chi connectivity index (χ1n) is 5.81. The summed E-state index contributed by atoms with van der Waals surface area (Å²) in [5.74, 6) is 0.0624. The van der Waals surface area contributed by atoms with Gasteiger partial charge in [0.15, 0.2) is 0 Å². The minimum Gasteiger partial charge on any atom is -0.481 e. The summed E-state index contributed by atoms with van der Waals surface area (Å²) in [4.78, 5) is 12.8. The van der Waals surface area contributed by atoms with Crippen molar-refractivity contribution >= 4 is 5.97 Å². The molecule has 1 saturated heterocycles. The van der Waals surface area contributed by atoms with Gasteiger partial charge >= 0.3 is 5.97 Å². The summed E-state index contributed by atoms with van der Waals surface area (Å²) in [6.45, 7) is 4.28. The van der Waals surface area contributed by atoms with Crippen molar-refractivity contribution in [1.29, 1.82) is 0 Å². The Bertz CT molecular complexity index is 195. The number of carbonyl (C=O) groups is 1. The largest absolute Gasteiger partial charge is 0.481 e. The standard InChI is InChI=1S/C11H22N2O2/c1-12-8-10-4-2-6-13(9-10)7-3-5-11(14)15/h10,12H,2-9H2,1H3,(H,14,15). The van der Waals surface area contributed by atoms with E-state index in [0.29, 0.717) is 6.42 Å². The summed E-state index contributed by atoms with van der Waals surface area (Å²) < 4.78 is 0. The van der Waals surface area contributed by atoms with Gasteiger partial charge in [-0.2, -0.15) is 0 Å². The maximum Gasteiger partial charge on any atom is 0.303 e. The zero-order valence-electron chi connectivity index (χ0n) is 9.54. The molecule has 4 nitrogen and oxygen atoms in total. The molecule has 0 radical (unpaired) electrons. The van der Waals surface area contributed by atoms with Crippen molar-refractivity contribution in [2.75, 3.05) is 33.2 Å². The molecule has 0 aromatic carbocycles. The molecule has 1 aliphatic heterocycles. The highest BCUT2D eigenvalue weighted by atomic mass is 16.4. The number of carboxylic acids is 1. The van der Waals surface area contributed by atoms with Crippen LogP contribution in [0, 0.1) is 5.92 Å². The lowest BCUT2D eigenvalue weighted by molar-refractivity contribution is -0.137. The topological polar surface area (TPSA) is 52.6 Å². The van der Waals surface area contributed by atoms with Crippen molar-refractivity contribution in [3.05, 3.63) is 0 Å². The van der Waals surface area contributed by atoms with Crippen LogP contribution in [0.3, 0.4) is 0 Å². The normalized spacial score (nSPS) is 22.9. The molecule has 1 fully saturated rings. The Hall–Kier alpha value is -0.610. The van der Waals surface area contributed by atoms with Gasteiger partial charge in [-0.25, -0.2) is 0 Å². The number of hydrogen-bond acceptors (Lipinski definition) is 3. The average molecular weight is 214 g/mol. The second kappa shape index (κ2) is 6.80. The van der Waals surface area contributed by atoms with Gasteiger partial charge in [-0.3, -0.25) is 4.79 Å². The molecule has 88 valence electrons. The molecule has 2 N–H and O–H groups in total. The van der Waals surface area contributed by atoms with Crippen LogP contribution in [-0.4, -0.2) is 49.2 Å².